The van der Waals surface area contributed by atoms with Gasteiger partial charge in [0.1, 0.15) is 17.8 Å². The van der Waals surface area contributed by atoms with Crippen LogP contribution < -0.4 is 27.6 Å². The summed E-state index contributed by atoms with van der Waals surface area (Å²) in [5, 5.41) is 8.25. The monoisotopic (exact) mass is 505 g/mol. The van der Waals surface area contributed by atoms with E-state index in [9.17, 15) is 9.59 Å². The maximum absolute atomic E-state index is 13.3. The molecule has 2 aromatic carbocycles. The second-order valence-corrected chi connectivity index (χ2v) is 8.98. The van der Waals surface area contributed by atoms with Gasteiger partial charge < -0.3 is 21.2 Å². The smallest absolute Gasteiger partial charge is 0.333 e. The number of thiophene rings is 1. The largest absolute Gasteiger partial charge is 0.388 e. The summed E-state index contributed by atoms with van der Waals surface area (Å²) in [6.07, 6.45) is 1.46. The number of carbonyl (C=O) groups is 1. The molecule has 0 aliphatic heterocycles. The lowest BCUT2D eigenvalue weighted by atomic mass is 10.1. The SMILES string of the molecule is CC=O.CNc1ccc(CCNc2c(N)n(Cc3cccs3)c(=O)n(Cc3ccccc3)c2=O)cc1. The second-order valence-electron chi connectivity index (χ2n) is 7.94. The Bertz CT molecular complexity index is 1360. The topological polar surface area (TPSA) is 111 Å². The lowest BCUT2D eigenvalue weighted by molar-refractivity contribution is -0.106. The summed E-state index contributed by atoms with van der Waals surface area (Å²) in [4.78, 5) is 36.4. The predicted molar refractivity (Wildman–Crippen MR) is 148 cm³/mol. The number of anilines is 3. The molecule has 0 unspecified atom stereocenters. The second kappa shape index (κ2) is 13.1. The zero-order valence-electron chi connectivity index (χ0n) is 20.4. The molecular weight excluding hydrogens is 474 g/mol. The number of carbonyl (C=O) groups excluding carboxylic acids is 1. The minimum absolute atomic E-state index is 0.160. The van der Waals surface area contributed by atoms with Crippen molar-refractivity contribution >= 4 is 34.8 Å². The molecule has 2 heterocycles. The molecule has 188 valence electrons. The van der Waals surface area contributed by atoms with Gasteiger partial charge in [-0.1, -0.05) is 48.5 Å². The molecule has 0 aliphatic rings. The molecular formula is C27H31N5O3S. The van der Waals surface area contributed by atoms with Crippen LogP contribution in [0.2, 0.25) is 0 Å². The zero-order valence-corrected chi connectivity index (χ0v) is 21.3. The van der Waals surface area contributed by atoms with Crippen molar-refractivity contribution in [3.05, 3.63) is 109 Å². The third-order valence-electron chi connectivity index (χ3n) is 5.50. The fraction of sp³-hybridized carbons (Fsp3) is 0.222. The Morgan fingerprint density at radius 2 is 1.61 bits per heavy atom. The Balaban J connectivity index is 0.00000115. The predicted octanol–water partition coefficient (Wildman–Crippen LogP) is 3.65. The van der Waals surface area contributed by atoms with E-state index >= 15 is 0 Å². The fourth-order valence-electron chi connectivity index (χ4n) is 3.67. The lowest BCUT2D eigenvalue weighted by Gasteiger charge is -2.17. The van der Waals surface area contributed by atoms with E-state index in [1.165, 1.54) is 16.1 Å². The summed E-state index contributed by atoms with van der Waals surface area (Å²) in [6, 6.07) is 21.5. The van der Waals surface area contributed by atoms with E-state index < -0.39 is 11.2 Å². The van der Waals surface area contributed by atoms with Gasteiger partial charge in [0.25, 0.3) is 5.56 Å². The molecule has 0 spiro atoms. The molecule has 0 aliphatic carbocycles. The van der Waals surface area contributed by atoms with Crippen molar-refractivity contribution < 1.29 is 4.79 Å². The molecule has 2 aromatic heterocycles. The van der Waals surface area contributed by atoms with Crippen LogP contribution in [0.5, 0.6) is 0 Å². The molecule has 9 heteroatoms. The number of nitrogens with one attached hydrogen (secondary N) is 2. The third-order valence-corrected chi connectivity index (χ3v) is 6.36. The van der Waals surface area contributed by atoms with Crippen LogP contribution >= 0.6 is 11.3 Å². The fourth-order valence-corrected chi connectivity index (χ4v) is 4.36. The highest BCUT2D eigenvalue weighted by Crippen LogP contribution is 2.17. The average Bonchev–Trinajstić information content (AvgIpc) is 3.41. The number of nitrogens with zero attached hydrogens (tertiary/aromatic N) is 2. The molecule has 4 N–H and O–H groups in total. The normalized spacial score (nSPS) is 10.3. The van der Waals surface area contributed by atoms with Crippen LogP contribution in [-0.4, -0.2) is 29.0 Å². The highest BCUT2D eigenvalue weighted by Gasteiger charge is 2.18. The molecule has 4 aromatic rings. The number of aldehydes is 1. The van der Waals surface area contributed by atoms with Gasteiger partial charge in [0.2, 0.25) is 0 Å². The number of nitrogens with two attached hydrogens (primary N) is 1. The van der Waals surface area contributed by atoms with Crippen LogP contribution in [0.25, 0.3) is 0 Å². The van der Waals surface area contributed by atoms with Gasteiger partial charge in [-0.15, -0.1) is 11.3 Å². The van der Waals surface area contributed by atoms with E-state index in [0.29, 0.717) is 19.5 Å². The molecule has 0 atom stereocenters. The standard InChI is InChI=1S/C25H27N5O2S.C2H4O/c1-27-20-11-9-18(10-12-20)13-14-28-22-23(26)29(17-21-8-5-15-33-21)25(32)30(24(22)31)16-19-6-3-2-4-7-19;1-2-3/h2-12,15,27-28H,13-14,16-17,26H2,1H3;2H,1H3. The molecule has 0 radical (unpaired) electrons. The summed E-state index contributed by atoms with van der Waals surface area (Å²) in [5.74, 6) is 0.160. The number of hydrogen-bond donors (Lipinski definition) is 3. The zero-order chi connectivity index (χ0) is 25.9. The van der Waals surface area contributed by atoms with Crippen LogP contribution in [0.4, 0.5) is 17.2 Å². The summed E-state index contributed by atoms with van der Waals surface area (Å²) in [6.45, 7) is 2.46. The molecule has 0 fully saturated rings. The molecule has 8 nitrogen and oxygen atoms in total. The van der Waals surface area contributed by atoms with Crippen LogP contribution in [0.15, 0.2) is 81.7 Å². The van der Waals surface area contributed by atoms with E-state index in [1.807, 2.05) is 79.2 Å². The first kappa shape index (κ1) is 26.5. The first-order chi connectivity index (χ1) is 17.5. The highest BCUT2D eigenvalue weighted by molar-refractivity contribution is 7.09. The van der Waals surface area contributed by atoms with Crippen molar-refractivity contribution in [2.45, 2.75) is 26.4 Å². The van der Waals surface area contributed by atoms with Crippen molar-refractivity contribution in [2.24, 2.45) is 0 Å². The van der Waals surface area contributed by atoms with Crippen molar-refractivity contribution in [2.75, 3.05) is 30.0 Å². The molecule has 0 bridgehead atoms. The highest BCUT2D eigenvalue weighted by atomic mass is 32.1. The summed E-state index contributed by atoms with van der Waals surface area (Å²) < 4.78 is 2.73. The number of rotatable bonds is 9. The van der Waals surface area contributed by atoms with Gasteiger partial charge in [-0.25, -0.2) is 4.79 Å². The Hall–Kier alpha value is -4.11. The lowest BCUT2D eigenvalue weighted by Crippen LogP contribution is -2.42. The van der Waals surface area contributed by atoms with Crippen LogP contribution in [-0.2, 0) is 24.3 Å². The number of hydrogen-bond acceptors (Lipinski definition) is 7. The Kier molecular flexibility index (Phi) is 9.64. The van der Waals surface area contributed by atoms with E-state index in [0.717, 1.165) is 28.0 Å². The Morgan fingerprint density at radius 1 is 0.917 bits per heavy atom. The summed E-state index contributed by atoms with van der Waals surface area (Å²) >= 11 is 1.54. The third kappa shape index (κ3) is 6.73. The molecule has 0 amide bonds. The quantitative estimate of drug-likeness (QED) is 0.300. The molecule has 0 saturated heterocycles. The van der Waals surface area contributed by atoms with Gasteiger partial charge >= 0.3 is 5.69 Å². The van der Waals surface area contributed by atoms with Crippen LogP contribution in [0, 0.1) is 0 Å². The van der Waals surface area contributed by atoms with Gasteiger partial charge in [0.15, 0.2) is 0 Å². The maximum atomic E-state index is 13.3. The van der Waals surface area contributed by atoms with Crippen molar-refractivity contribution in [3.63, 3.8) is 0 Å². The van der Waals surface area contributed by atoms with E-state index in [-0.39, 0.29) is 18.1 Å². The summed E-state index contributed by atoms with van der Waals surface area (Å²) in [5.41, 5.74) is 8.85. The molecule has 4 rings (SSSR count). The Labute approximate surface area is 214 Å². The Morgan fingerprint density at radius 3 is 2.22 bits per heavy atom. The van der Waals surface area contributed by atoms with Gasteiger partial charge in [-0.2, -0.15) is 0 Å². The minimum atomic E-state index is -0.414. The maximum Gasteiger partial charge on any atom is 0.333 e. The van der Waals surface area contributed by atoms with E-state index in [1.54, 1.807) is 11.3 Å². The van der Waals surface area contributed by atoms with Crippen molar-refractivity contribution in [1.82, 2.24) is 9.13 Å². The van der Waals surface area contributed by atoms with Gasteiger partial charge in [0, 0.05) is 24.2 Å². The van der Waals surface area contributed by atoms with E-state index in [2.05, 4.69) is 10.6 Å². The van der Waals surface area contributed by atoms with Crippen molar-refractivity contribution in [3.8, 4) is 0 Å². The number of nitrogen functional groups attached to an aromatic ring is 1. The van der Waals surface area contributed by atoms with Crippen molar-refractivity contribution in [1.29, 1.82) is 0 Å². The van der Waals surface area contributed by atoms with Crippen LogP contribution in [0.1, 0.15) is 22.9 Å². The molecule has 36 heavy (non-hydrogen) atoms. The number of benzene rings is 2. The van der Waals surface area contributed by atoms with Crippen LogP contribution in [0.3, 0.4) is 0 Å². The van der Waals surface area contributed by atoms with Gasteiger partial charge in [-0.05, 0) is 48.1 Å². The summed E-state index contributed by atoms with van der Waals surface area (Å²) in [7, 11) is 1.88. The number of aromatic nitrogens is 2. The average molecular weight is 506 g/mol. The minimum Gasteiger partial charge on any atom is -0.388 e. The van der Waals surface area contributed by atoms with Gasteiger partial charge in [0.05, 0.1) is 13.1 Å². The van der Waals surface area contributed by atoms with Gasteiger partial charge in [-0.3, -0.25) is 13.9 Å². The first-order valence-electron chi connectivity index (χ1n) is 11.6. The van der Waals surface area contributed by atoms with E-state index in [4.69, 9.17) is 10.5 Å². The first-order valence-corrected chi connectivity index (χ1v) is 12.5. The molecule has 0 saturated carbocycles.